The van der Waals surface area contributed by atoms with Gasteiger partial charge in [-0.1, -0.05) is 0 Å². The molecule has 78 valence electrons. The molecule has 4 N–H and O–H groups in total. The maximum atomic E-state index is 10.2. The van der Waals surface area contributed by atoms with Gasteiger partial charge in [-0.15, -0.1) is 0 Å². The molecule has 7 nitrogen and oxygen atoms in total. The van der Waals surface area contributed by atoms with Gasteiger partial charge in [-0.2, -0.15) is 0 Å². The number of aliphatic hydroxyl groups is 1. The van der Waals surface area contributed by atoms with Crippen LogP contribution in [-0.4, -0.2) is 44.4 Å². The van der Waals surface area contributed by atoms with Crippen LogP contribution >= 0.6 is 0 Å². The van der Waals surface area contributed by atoms with Gasteiger partial charge < -0.3 is 20.4 Å². The number of carboxylic acids is 3. The second-order valence-corrected chi connectivity index (χ2v) is 2.37. The Labute approximate surface area is 77.9 Å². The van der Waals surface area contributed by atoms with Crippen LogP contribution in [0, 0.1) is 0 Å². The van der Waals surface area contributed by atoms with Gasteiger partial charge >= 0.3 is 17.9 Å². The fraction of sp³-hybridized carbons (Fsp3) is 0.286. The number of aliphatic carboxylic acids is 3. The first-order chi connectivity index (χ1) is 6.34. The first-order valence-corrected chi connectivity index (χ1v) is 3.40. The summed E-state index contributed by atoms with van der Waals surface area (Å²) in [7, 11) is 0. The maximum absolute atomic E-state index is 10.2. The zero-order valence-electron chi connectivity index (χ0n) is 6.88. The summed E-state index contributed by atoms with van der Waals surface area (Å²) in [5.41, 5.74) is -0.586. The third-order valence-corrected chi connectivity index (χ3v) is 1.25. The fourth-order valence-electron chi connectivity index (χ4n) is 0.718. The van der Waals surface area contributed by atoms with E-state index in [0.29, 0.717) is 6.08 Å². The Kier molecular flexibility index (Phi) is 4.30. The normalized spacial score (nSPS) is 13.4. The molecule has 14 heavy (non-hydrogen) atoms. The molecule has 1 atom stereocenters. The van der Waals surface area contributed by atoms with Gasteiger partial charge in [0.1, 0.15) is 0 Å². The summed E-state index contributed by atoms with van der Waals surface area (Å²) in [6.07, 6.45) is -2.57. The summed E-state index contributed by atoms with van der Waals surface area (Å²) in [5, 5.41) is 33.7. The molecule has 0 aromatic rings. The van der Waals surface area contributed by atoms with Crippen LogP contribution in [0.4, 0.5) is 0 Å². The Hall–Kier alpha value is -1.89. The highest BCUT2D eigenvalue weighted by Gasteiger charge is 2.21. The molecular formula is C7H8O7. The average molecular weight is 204 g/mol. The van der Waals surface area contributed by atoms with Crippen LogP contribution in [0.1, 0.15) is 6.42 Å². The van der Waals surface area contributed by atoms with Crippen LogP contribution in [0.25, 0.3) is 0 Å². The van der Waals surface area contributed by atoms with Crippen LogP contribution in [-0.2, 0) is 14.4 Å². The first-order valence-electron chi connectivity index (χ1n) is 3.40. The van der Waals surface area contributed by atoms with E-state index in [2.05, 4.69) is 0 Å². The van der Waals surface area contributed by atoms with Crippen molar-refractivity contribution in [2.24, 2.45) is 0 Å². The van der Waals surface area contributed by atoms with Crippen LogP contribution in [0.3, 0.4) is 0 Å². The molecule has 0 radical (unpaired) electrons. The molecule has 0 rings (SSSR count). The molecule has 0 heterocycles. The Balaban J connectivity index is 4.81. The molecule has 0 aliphatic carbocycles. The summed E-state index contributed by atoms with van der Waals surface area (Å²) < 4.78 is 0. The number of hydrogen-bond acceptors (Lipinski definition) is 4. The summed E-state index contributed by atoms with van der Waals surface area (Å²) in [6.45, 7) is 0. The van der Waals surface area contributed by atoms with E-state index in [1.165, 1.54) is 0 Å². The summed E-state index contributed by atoms with van der Waals surface area (Å²) in [4.78, 5) is 30.6. The fourth-order valence-corrected chi connectivity index (χ4v) is 0.718. The van der Waals surface area contributed by atoms with Gasteiger partial charge in [0.25, 0.3) is 0 Å². The molecule has 0 unspecified atom stereocenters. The molecule has 0 fully saturated rings. The van der Waals surface area contributed by atoms with Crippen molar-refractivity contribution in [1.82, 2.24) is 0 Å². The van der Waals surface area contributed by atoms with E-state index in [9.17, 15) is 14.4 Å². The molecule has 0 aliphatic heterocycles. The van der Waals surface area contributed by atoms with E-state index in [4.69, 9.17) is 20.4 Å². The van der Waals surface area contributed by atoms with Gasteiger partial charge in [0, 0.05) is 6.08 Å². The number of carbonyl (C=O) groups is 3. The number of hydrogen-bond donors (Lipinski definition) is 4. The highest BCUT2D eigenvalue weighted by atomic mass is 16.4. The standard InChI is InChI=1S/C7H8O7/c8-4(9)1-3(2-5(10)11)6(12)7(13)14/h1,6,12H,2H2,(H,8,9)(H,10,11)(H,13,14)/b3-1-/t6-/m1/s1. The zero-order chi connectivity index (χ0) is 11.3. The second kappa shape index (κ2) is 4.97. The SMILES string of the molecule is O=C(O)/C=C(/CC(=O)O)[C@@H](O)C(=O)O. The second-order valence-electron chi connectivity index (χ2n) is 2.37. The Morgan fingerprint density at radius 2 is 1.64 bits per heavy atom. The van der Waals surface area contributed by atoms with Crippen molar-refractivity contribution < 1.29 is 34.8 Å². The van der Waals surface area contributed by atoms with Gasteiger partial charge in [0.05, 0.1) is 6.42 Å². The van der Waals surface area contributed by atoms with E-state index >= 15 is 0 Å². The maximum Gasteiger partial charge on any atom is 0.336 e. The predicted octanol–water partition coefficient (Wildman–Crippen LogP) is -1.08. The lowest BCUT2D eigenvalue weighted by Crippen LogP contribution is -2.24. The minimum Gasteiger partial charge on any atom is -0.481 e. The van der Waals surface area contributed by atoms with E-state index in [-0.39, 0.29) is 0 Å². The van der Waals surface area contributed by atoms with Gasteiger partial charge in [-0.3, -0.25) is 4.79 Å². The van der Waals surface area contributed by atoms with E-state index in [1.807, 2.05) is 0 Å². The van der Waals surface area contributed by atoms with Crippen LogP contribution < -0.4 is 0 Å². The molecule has 0 spiro atoms. The summed E-state index contributed by atoms with van der Waals surface area (Å²) >= 11 is 0. The average Bonchev–Trinajstić information content (AvgIpc) is 1.99. The summed E-state index contributed by atoms with van der Waals surface area (Å²) in [5.74, 6) is -4.63. The van der Waals surface area contributed by atoms with E-state index < -0.39 is 36.0 Å². The number of rotatable bonds is 5. The Bertz CT molecular complexity index is 290. The Morgan fingerprint density at radius 1 is 1.14 bits per heavy atom. The molecule has 0 aromatic carbocycles. The highest BCUT2D eigenvalue weighted by molar-refractivity contribution is 5.86. The molecule has 7 heteroatoms. The molecule has 0 saturated carbocycles. The van der Waals surface area contributed by atoms with Crippen molar-refractivity contribution >= 4 is 17.9 Å². The molecule has 0 amide bonds. The van der Waals surface area contributed by atoms with Gasteiger partial charge in [0.15, 0.2) is 6.10 Å². The summed E-state index contributed by atoms with van der Waals surface area (Å²) in [6, 6.07) is 0. The molecule has 0 aromatic heterocycles. The number of carboxylic acid groups (broad SMARTS) is 3. The van der Waals surface area contributed by atoms with Gasteiger partial charge in [-0.25, -0.2) is 9.59 Å². The monoisotopic (exact) mass is 204 g/mol. The van der Waals surface area contributed by atoms with Crippen molar-refractivity contribution in [2.75, 3.05) is 0 Å². The number of aliphatic hydroxyl groups excluding tert-OH is 1. The van der Waals surface area contributed by atoms with Crippen LogP contribution in [0.5, 0.6) is 0 Å². The third-order valence-electron chi connectivity index (χ3n) is 1.25. The van der Waals surface area contributed by atoms with Crippen molar-refractivity contribution in [1.29, 1.82) is 0 Å². The minimum atomic E-state index is -2.11. The smallest absolute Gasteiger partial charge is 0.336 e. The largest absolute Gasteiger partial charge is 0.481 e. The minimum absolute atomic E-state index is 0.368. The quantitative estimate of drug-likeness (QED) is 0.418. The predicted molar refractivity (Wildman–Crippen MR) is 41.6 cm³/mol. The molecule has 0 saturated heterocycles. The van der Waals surface area contributed by atoms with Crippen molar-refractivity contribution in [3.05, 3.63) is 11.6 Å². The lowest BCUT2D eigenvalue weighted by atomic mass is 10.1. The lowest BCUT2D eigenvalue weighted by Gasteiger charge is -2.07. The molecular weight excluding hydrogens is 196 g/mol. The van der Waals surface area contributed by atoms with Crippen molar-refractivity contribution in [2.45, 2.75) is 12.5 Å². The first kappa shape index (κ1) is 12.1. The van der Waals surface area contributed by atoms with Gasteiger partial charge in [-0.05, 0) is 5.57 Å². The highest BCUT2D eigenvalue weighted by Crippen LogP contribution is 2.08. The van der Waals surface area contributed by atoms with Crippen LogP contribution in [0.15, 0.2) is 11.6 Å². The lowest BCUT2D eigenvalue weighted by molar-refractivity contribution is -0.144. The van der Waals surface area contributed by atoms with Crippen LogP contribution in [0.2, 0.25) is 0 Å². The topological polar surface area (TPSA) is 132 Å². The van der Waals surface area contributed by atoms with E-state index in [1.54, 1.807) is 0 Å². The zero-order valence-corrected chi connectivity index (χ0v) is 6.88. The van der Waals surface area contributed by atoms with E-state index in [0.717, 1.165) is 0 Å². The van der Waals surface area contributed by atoms with Crippen molar-refractivity contribution in [3.63, 3.8) is 0 Å². The third kappa shape index (κ3) is 4.21. The Morgan fingerprint density at radius 3 is 1.93 bits per heavy atom. The molecule has 0 bridgehead atoms. The molecule has 0 aliphatic rings. The van der Waals surface area contributed by atoms with Gasteiger partial charge in [0.2, 0.25) is 0 Å². The van der Waals surface area contributed by atoms with Crippen molar-refractivity contribution in [3.8, 4) is 0 Å².